The maximum absolute atomic E-state index is 6.00. The normalized spacial score (nSPS) is 13.8. The van der Waals surface area contributed by atoms with Gasteiger partial charge < -0.3 is 9.88 Å². The highest BCUT2D eigenvalue weighted by Crippen LogP contribution is 2.31. The molecule has 3 nitrogen and oxygen atoms in total. The lowest BCUT2D eigenvalue weighted by molar-refractivity contribution is 0.402. The van der Waals surface area contributed by atoms with Gasteiger partial charge >= 0.3 is 0 Å². The summed E-state index contributed by atoms with van der Waals surface area (Å²) in [6.07, 6.45) is 3.80. The molecule has 0 fully saturated rings. The molecule has 0 aliphatic carbocycles. The lowest BCUT2D eigenvalue weighted by Crippen LogP contribution is -2.35. The smallest absolute Gasteiger partial charge is 0.0954 e. The number of nitrogens with zero attached hydrogens (tertiary/aromatic N) is 2. The van der Waals surface area contributed by atoms with Gasteiger partial charge in [-0.2, -0.15) is 0 Å². The van der Waals surface area contributed by atoms with Crippen LogP contribution >= 0.6 is 22.9 Å². The molecule has 0 saturated carbocycles. The summed E-state index contributed by atoms with van der Waals surface area (Å²) in [5.74, 6) is 0. The molecule has 0 amide bonds. The zero-order valence-corrected chi connectivity index (χ0v) is 12.6. The maximum atomic E-state index is 6.00. The van der Waals surface area contributed by atoms with Crippen molar-refractivity contribution in [2.24, 2.45) is 0 Å². The minimum Gasteiger partial charge on any atom is -0.325 e. The molecule has 0 radical (unpaired) electrons. The van der Waals surface area contributed by atoms with Gasteiger partial charge in [-0.15, -0.1) is 11.3 Å². The van der Waals surface area contributed by atoms with E-state index in [9.17, 15) is 0 Å². The second-order valence-corrected chi connectivity index (χ2v) is 6.63. The number of halogens is 1. The molecule has 5 heteroatoms. The largest absolute Gasteiger partial charge is 0.325 e. The highest BCUT2D eigenvalue weighted by molar-refractivity contribution is 7.16. The first kappa shape index (κ1) is 13.6. The molecule has 0 aliphatic rings. The SMILES string of the molecule is CNC(C)(C)c1cncn1C(C)c1ccc(Cl)s1. The Morgan fingerprint density at radius 1 is 1.44 bits per heavy atom. The Morgan fingerprint density at radius 3 is 2.72 bits per heavy atom. The van der Waals surface area contributed by atoms with Crippen molar-refractivity contribution in [3.63, 3.8) is 0 Å². The molecule has 0 spiro atoms. The monoisotopic (exact) mass is 283 g/mol. The Labute approximate surface area is 117 Å². The molecule has 2 heterocycles. The van der Waals surface area contributed by atoms with Crippen molar-refractivity contribution in [3.05, 3.63) is 39.6 Å². The van der Waals surface area contributed by atoms with Crippen molar-refractivity contribution in [2.45, 2.75) is 32.4 Å². The van der Waals surface area contributed by atoms with Crippen LogP contribution in [-0.4, -0.2) is 16.6 Å². The van der Waals surface area contributed by atoms with Crippen molar-refractivity contribution in [1.82, 2.24) is 14.9 Å². The van der Waals surface area contributed by atoms with E-state index in [2.05, 4.69) is 41.7 Å². The van der Waals surface area contributed by atoms with Crippen LogP contribution in [0.25, 0.3) is 0 Å². The van der Waals surface area contributed by atoms with Crippen LogP contribution in [0.3, 0.4) is 0 Å². The molecule has 0 aromatic carbocycles. The van der Waals surface area contributed by atoms with E-state index >= 15 is 0 Å². The Bertz CT molecular complexity index is 530. The van der Waals surface area contributed by atoms with Crippen molar-refractivity contribution >= 4 is 22.9 Å². The average molecular weight is 284 g/mol. The highest BCUT2D eigenvalue weighted by Gasteiger charge is 2.24. The summed E-state index contributed by atoms with van der Waals surface area (Å²) in [7, 11) is 1.96. The maximum Gasteiger partial charge on any atom is 0.0954 e. The van der Waals surface area contributed by atoms with Gasteiger partial charge in [0.05, 0.1) is 34.1 Å². The summed E-state index contributed by atoms with van der Waals surface area (Å²) in [5.41, 5.74) is 1.06. The number of rotatable bonds is 4. The van der Waals surface area contributed by atoms with Crippen molar-refractivity contribution < 1.29 is 0 Å². The number of hydrogen-bond acceptors (Lipinski definition) is 3. The Kier molecular flexibility index (Phi) is 3.80. The number of hydrogen-bond donors (Lipinski definition) is 1. The lowest BCUT2D eigenvalue weighted by Gasteiger charge is -2.27. The topological polar surface area (TPSA) is 29.9 Å². The number of thiophene rings is 1. The van der Waals surface area contributed by atoms with Crippen LogP contribution < -0.4 is 5.32 Å². The van der Waals surface area contributed by atoms with E-state index in [1.165, 1.54) is 10.6 Å². The number of aromatic nitrogens is 2. The molecule has 2 aromatic heterocycles. The zero-order valence-electron chi connectivity index (χ0n) is 11.1. The number of imidazole rings is 1. The third kappa shape index (κ3) is 2.46. The molecular weight excluding hydrogens is 266 g/mol. The van der Waals surface area contributed by atoms with Crippen molar-refractivity contribution in [1.29, 1.82) is 0 Å². The second kappa shape index (κ2) is 5.03. The Balaban J connectivity index is 2.38. The first-order chi connectivity index (χ1) is 8.45. The summed E-state index contributed by atoms with van der Waals surface area (Å²) < 4.78 is 3.02. The van der Waals surface area contributed by atoms with E-state index in [0.717, 1.165) is 4.34 Å². The molecule has 0 bridgehead atoms. The van der Waals surface area contributed by atoms with E-state index in [0.29, 0.717) is 0 Å². The summed E-state index contributed by atoms with van der Waals surface area (Å²) in [5, 5.41) is 3.31. The van der Waals surface area contributed by atoms with Crippen LogP contribution in [0.5, 0.6) is 0 Å². The van der Waals surface area contributed by atoms with E-state index in [4.69, 9.17) is 11.6 Å². The van der Waals surface area contributed by atoms with Crippen LogP contribution in [0.1, 0.15) is 37.4 Å². The minimum absolute atomic E-state index is 0.105. The summed E-state index contributed by atoms with van der Waals surface area (Å²) >= 11 is 7.62. The van der Waals surface area contributed by atoms with Gasteiger partial charge in [0.2, 0.25) is 0 Å². The van der Waals surface area contributed by atoms with Crippen LogP contribution in [-0.2, 0) is 5.54 Å². The fraction of sp³-hybridized carbons (Fsp3) is 0.462. The number of nitrogens with one attached hydrogen (secondary N) is 1. The fourth-order valence-corrected chi connectivity index (χ4v) is 3.03. The summed E-state index contributed by atoms with van der Waals surface area (Å²) in [6.45, 7) is 6.46. The zero-order chi connectivity index (χ0) is 13.3. The van der Waals surface area contributed by atoms with Crippen molar-refractivity contribution in [2.75, 3.05) is 7.05 Å². The molecule has 0 aliphatic heterocycles. The third-order valence-electron chi connectivity index (χ3n) is 3.35. The van der Waals surface area contributed by atoms with Gasteiger partial charge in [0.15, 0.2) is 0 Å². The molecule has 18 heavy (non-hydrogen) atoms. The predicted molar refractivity (Wildman–Crippen MR) is 77.5 cm³/mol. The molecule has 98 valence electrons. The van der Waals surface area contributed by atoms with Gasteiger partial charge in [-0.25, -0.2) is 4.98 Å². The van der Waals surface area contributed by atoms with Gasteiger partial charge in [-0.1, -0.05) is 11.6 Å². The van der Waals surface area contributed by atoms with Gasteiger partial charge in [0.25, 0.3) is 0 Å². The molecule has 1 atom stereocenters. The van der Waals surface area contributed by atoms with Crippen LogP contribution in [0, 0.1) is 0 Å². The first-order valence-corrected chi connectivity index (χ1v) is 7.11. The molecule has 2 aromatic rings. The van der Waals surface area contributed by atoms with Crippen LogP contribution in [0.2, 0.25) is 4.34 Å². The standard InChI is InChI=1S/C13H18ClN3S/c1-9(10-5-6-12(14)18-10)17-8-16-7-11(17)13(2,3)15-4/h5-9,15H,1-4H3. The predicted octanol–water partition coefficient (Wildman–Crippen LogP) is 3.66. The quantitative estimate of drug-likeness (QED) is 0.928. The van der Waals surface area contributed by atoms with E-state index in [1.807, 2.05) is 25.6 Å². The molecule has 2 rings (SSSR count). The Morgan fingerprint density at radius 2 is 2.17 bits per heavy atom. The molecule has 0 saturated heterocycles. The van der Waals surface area contributed by atoms with Crippen molar-refractivity contribution in [3.8, 4) is 0 Å². The van der Waals surface area contributed by atoms with Crippen LogP contribution in [0.15, 0.2) is 24.7 Å². The average Bonchev–Trinajstić information content (AvgIpc) is 2.96. The third-order valence-corrected chi connectivity index (χ3v) is 4.76. The van der Waals surface area contributed by atoms with E-state index in [-0.39, 0.29) is 11.6 Å². The van der Waals surface area contributed by atoms with E-state index in [1.54, 1.807) is 11.3 Å². The molecular formula is C13H18ClN3S. The summed E-state index contributed by atoms with van der Waals surface area (Å²) in [6, 6.07) is 4.26. The summed E-state index contributed by atoms with van der Waals surface area (Å²) in [4.78, 5) is 5.53. The lowest BCUT2D eigenvalue weighted by atomic mass is 10.0. The fourth-order valence-electron chi connectivity index (χ4n) is 1.92. The van der Waals surface area contributed by atoms with Gasteiger partial charge in [-0.3, -0.25) is 0 Å². The van der Waals surface area contributed by atoms with Crippen LogP contribution in [0.4, 0.5) is 0 Å². The first-order valence-electron chi connectivity index (χ1n) is 5.92. The van der Waals surface area contributed by atoms with Gasteiger partial charge in [-0.05, 0) is 40.0 Å². The highest BCUT2D eigenvalue weighted by atomic mass is 35.5. The van der Waals surface area contributed by atoms with E-state index < -0.39 is 0 Å². The van der Waals surface area contributed by atoms with Gasteiger partial charge in [0.1, 0.15) is 0 Å². The van der Waals surface area contributed by atoms with Gasteiger partial charge in [0, 0.05) is 4.88 Å². The Hall–Kier alpha value is -0.840. The minimum atomic E-state index is -0.105. The molecule has 1 unspecified atom stereocenters. The second-order valence-electron chi connectivity index (χ2n) is 4.88. The molecule has 1 N–H and O–H groups in total.